The van der Waals surface area contributed by atoms with Crippen LogP contribution in [0, 0.1) is 0 Å². The fraction of sp³-hybridized carbons (Fsp3) is 0.438. The van der Waals surface area contributed by atoms with Crippen molar-refractivity contribution in [3.63, 3.8) is 0 Å². The standard InChI is InChI=1S/C16H21NO3/c1-3-15(11-7-8-12-17-15)16(19,14(18)20-2)13-9-5-4-6-10-13/h3-6,9-10,17,19H,1,7-8,11-12H2,2H3/t15-,16+/m0/s1. The van der Waals surface area contributed by atoms with E-state index >= 15 is 0 Å². The van der Waals surface area contributed by atoms with Gasteiger partial charge in [0.25, 0.3) is 0 Å². The zero-order chi connectivity index (χ0) is 14.6. The first kappa shape index (κ1) is 14.8. The molecular formula is C16H21NO3. The molecule has 4 heteroatoms. The summed E-state index contributed by atoms with van der Waals surface area (Å²) in [6.45, 7) is 4.57. The molecule has 0 saturated carbocycles. The van der Waals surface area contributed by atoms with Crippen LogP contribution in [0.1, 0.15) is 24.8 Å². The van der Waals surface area contributed by atoms with E-state index in [1.807, 2.05) is 6.07 Å². The summed E-state index contributed by atoms with van der Waals surface area (Å²) >= 11 is 0. The van der Waals surface area contributed by atoms with Gasteiger partial charge in [0.1, 0.15) is 0 Å². The number of aliphatic hydroxyl groups is 1. The minimum Gasteiger partial charge on any atom is -0.467 e. The van der Waals surface area contributed by atoms with Gasteiger partial charge in [-0.25, -0.2) is 4.79 Å². The third kappa shape index (κ3) is 2.15. The molecule has 1 heterocycles. The number of carbonyl (C=O) groups is 1. The highest BCUT2D eigenvalue weighted by Gasteiger charge is 2.56. The third-order valence-electron chi connectivity index (χ3n) is 4.10. The van der Waals surface area contributed by atoms with E-state index in [9.17, 15) is 9.90 Å². The molecule has 0 spiro atoms. The molecule has 0 radical (unpaired) electrons. The highest BCUT2D eigenvalue weighted by Crippen LogP contribution is 2.40. The Morgan fingerprint density at radius 1 is 1.45 bits per heavy atom. The Labute approximate surface area is 119 Å². The normalized spacial score (nSPS) is 25.5. The van der Waals surface area contributed by atoms with E-state index in [1.165, 1.54) is 7.11 Å². The molecule has 2 atom stereocenters. The first-order chi connectivity index (χ1) is 9.60. The van der Waals surface area contributed by atoms with Gasteiger partial charge in [0.05, 0.1) is 12.6 Å². The van der Waals surface area contributed by atoms with E-state index in [0.29, 0.717) is 12.0 Å². The molecule has 1 aromatic rings. The van der Waals surface area contributed by atoms with Crippen LogP contribution in [-0.2, 0) is 15.1 Å². The van der Waals surface area contributed by atoms with Crippen LogP contribution in [0.5, 0.6) is 0 Å². The van der Waals surface area contributed by atoms with Crippen molar-refractivity contribution in [1.29, 1.82) is 0 Å². The van der Waals surface area contributed by atoms with Crippen molar-refractivity contribution in [2.24, 2.45) is 0 Å². The Morgan fingerprint density at radius 2 is 2.15 bits per heavy atom. The van der Waals surface area contributed by atoms with Crippen LogP contribution in [0.4, 0.5) is 0 Å². The average molecular weight is 275 g/mol. The smallest absolute Gasteiger partial charge is 0.344 e. The van der Waals surface area contributed by atoms with E-state index in [-0.39, 0.29) is 0 Å². The summed E-state index contributed by atoms with van der Waals surface area (Å²) in [5.41, 5.74) is -2.16. The number of nitrogens with one attached hydrogen (secondary N) is 1. The summed E-state index contributed by atoms with van der Waals surface area (Å²) in [5.74, 6) is -0.669. The molecule has 0 amide bonds. The Hall–Kier alpha value is -1.65. The Morgan fingerprint density at radius 3 is 2.65 bits per heavy atom. The Balaban J connectivity index is 2.57. The molecular weight excluding hydrogens is 254 g/mol. The molecule has 108 valence electrons. The number of hydrogen-bond acceptors (Lipinski definition) is 4. The van der Waals surface area contributed by atoms with Gasteiger partial charge in [0.2, 0.25) is 5.60 Å². The van der Waals surface area contributed by atoms with E-state index in [4.69, 9.17) is 4.74 Å². The molecule has 1 fully saturated rings. The zero-order valence-corrected chi connectivity index (χ0v) is 11.8. The van der Waals surface area contributed by atoms with Crippen LogP contribution in [0.15, 0.2) is 43.0 Å². The lowest BCUT2D eigenvalue weighted by molar-refractivity contribution is -0.173. The third-order valence-corrected chi connectivity index (χ3v) is 4.10. The molecule has 0 aromatic heterocycles. The molecule has 1 aliphatic heterocycles. The van der Waals surface area contributed by atoms with Crippen LogP contribution < -0.4 is 5.32 Å². The molecule has 0 bridgehead atoms. The maximum Gasteiger partial charge on any atom is 0.344 e. The summed E-state index contributed by atoms with van der Waals surface area (Å²) < 4.78 is 4.87. The van der Waals surface area contributed by atoms with Crippen LogP contribution in [-0.4, -0.2) is 30.3 Å². The number of carbonyl (C=O) groups excluding carboxylic acids is 1. The molecule has 0 unspecified atom stereocenters. The van der Waals surface area contributed by atoms with Crippen molar-refractivity contribution in [1.82, 2.24) is 5.32 Å². The molecule has 1 aliphatic rings. The monoisotopic (exact) mass is 275 g/mol. The predicted octanol–water partition coefficient (Wildman–Crippen LogP) is 1.75. The Bertz CT molecular complexity index is 480. The number of ether oxygens (including phenoxy) is 1. The van der Waals surface area contributed by atoms with Gasteiger partial charge in [0, 0.05) is 0 Å². The summed E-state index contributed by atoms with van der Waals surface area (Å²) in [6, 6.07) is 8.90. The summed E-state index contributed by atoms with van der Waals surface area (Å²) in [5, 5.41) is 14.5. The fourth-order valence-electron chi connectivity index (χ4n) is 2.94. The SMILES string of the molecule is C=C[C@@]1([C@](O)(C(=O)OC)c2ccccc2)CCCCN1. The minimum atomic E-state index is -1.77. The van der Waals surface area contributed by atoms with E-state index in [2.05, 4.69) is 11.9 Å². The van der Waals surface area contributed by atoms with Crippen LogP contribution >= 0.6 is 0 Å². The van der Waals surface area contributed by atoms with Crippen LogP contribution in [0.3, 0.4) is 0 Å². The number of hydrogen-bond donors (Lipinski definition) is 2. The van der Waals surface area contributed by atoms with E-state index < -0.39 is 17.1 Å². The lowest BCUT2D eigenvalue weighted by Gasteiger charge is -2.46. The molecule has 4 nitrogen and oxygen atoms in total. The summed E-state index contributed by atoms with van der Waals surface area (Å²) in [4.78, 5) is 12.3. The van der Waals surface area contributed by atoms with Crippen molar-refractivity contribution in [3.8, 4) is 0 Å². The van der Waals surface area contributed by atoms with Gasteiger partial charge in [-0.05, 0) is 31.4 Å². The number of rotatable bonds is 4. The molecule has 2 rings (SSSR count). The molecule has 20 heavy (non-hydrogen) atoms. The first-order valence-corrected chi connectivity index (χ1v) is 6.85. The summed E-state index contributed by atoms with van der Waals surface area (Å²) in [6.07, 6.45) is 4.21. The molecule has 2 N–H and O–H groups in total. The first-order valence-electron chi connectivity index (χ1n) is 6.85. The molecule has 1 saturated heterocycles. The van der Waals surface area contributed by atoms with E-state index in [0.717, 1.165) is 19.4 Å². The summed E-state index contributed by atoms with van der Waals surface area (Å²) in [7, 11) is 1.29. The Kier molecular flexibility index (Phi) is 4.26. The van der Waals surface area contributed by atoms with Gasteiger partial charge < -0.3 is 15.2 Å². The van der Waals surface area contributed by atoms with Gasteiger partial charge in [-0.2, -0.15) is 0 Å². The number of piperidine rings is 1. The highest BCUT2D eigenvalue weighted by molar-refractivity contribution is 5.83. The van der Waals surface area contributed by atoms with Gasteiger partial charge in [-0.3, -0.25) is 0 Å². The number of esters is 1. The fourth-order valence-corrected chi connectivity index (χ4v) is 2.94. The van der Waals surface area contributed by atoms with Gasteiger partial charge in [-0.1, -0.05) is 36.4 Å². The van der Waals surface area contributed by atoms with Crippen LogP contribution in [0.2, 0.25) is 0 Å². The maximum atomic E-state index is 12.3. The van der Waals surface area contributed by atoms with Crippen LogP contribution in [0.25, 0.3) is 0 Å². The maximum absolute atomic E-state index is 12.3. The largest absolute Gasteiger partial charge is 0.467 e. The topological polar surface area (TPSA) is 58.6 Å². The zero-order valence-electron chi connectivity index (χ0n) is 11.8. The lowest BCUT2D eigenvalue weighted by atomic mass is 9.70. The molecule has 0 aliphatic carbocycles. The van der Waals surface area contributed by atoms with Gasteiger partial charge in [-0.15, -0.1) is 6.58 Å². The second-order valence-corrected chi connectivity index (χ2v) is 5.13. The second kappa shape index (κ2) is 5.77. The number of benzene rings is 1. The quantitative estimate of drug-likeness (QED) is 0.649. The highest BCUT2D eigenvalue weighted by atomic mass is 16.5. The lowest BCUT2D eigenvalue weighted by Crippen LogP contribution is -2.65. The number of methoxy groups -OCH3 is 1. The second-order valence-electron chi connectivity index (χ2n) is 5.13. The van der Waals surface area contributed by atoms with Gasteiger partial charge in [0.15, 0.2) is 0 Å². The predicted molar refractivity (Wildman–Crippen MR) is 77.1 cm³/mol. The van der Waals surface area contributed by atoms with Gasteiger partial charge >= 0.3 is 5.97 Å². The average Bonchev–Trinajstić information content (AvgIpc) is 2.54. The van der Waals surface area contributed by atoms with Crippen molar-refractivity contribution < 1.29 is 14.6 Å². The van der Waals surface area contributed by atoms with E-state index in [1.54, 1.807) is 30.3 Å². The van der Waals surface area contributed by atoms with Crippen molar-refractivity contribution in [2.75, 3.05) is 13.7 Å². The van der Waals surface area contributed by atoms with Crippen molar-refractivity contribution in [2.45, 2.75) is 30.4 Å². The molecule has 1 aromatic carbocycles. The van der Waals surface area contributed by atoms with Crippen molar-refractivity contribution >= 4 is 5.97 Å². The van der Waals surface area contributed by atoms with Crippen molar-refractivity contribution in [3.05, 3.63) is 48.6 Å². The minimum absolute atomic E-state index is 0.515.